The third-order valence-electron chi connectivity index (χ3n) is 4.30. The fourth-order valence-electron chi connectivity index (χ4n) is 2.84. The van der Waals surface area contributed by atoms with Gasteiger partial charge in [-0.25, -0.2) is 9.97 Å². The number of aryl methyl sites for hydroxylation is 1. The second-order valence-electron chi connectivity index (χ2n) is 6.30. The zero-order chi connectivity index (χ0) is 20.1. The van der Waals surface area contributed by atoms with Crippen LogP contribution in [0.3, 0.4) is 0 Å². The molecular formula is C22H17N5OS. The number of hydrogen-bond donors (Lipinski definition) is 1. The summed E-state index contributed by atoms with van der Waals surface area (Å²) in [5.74, 6) is 1.31. The van der Waals surface area contributed by atoms with Gasteiger partial charge in [-0.05, 0) is 42.3 Å². The predicted octanol–water partition coefficient (Wildman–Crippen LogP) is 5.02. The van der Waals surface area contributed by atoms with E-state index in [2.05, 4.69) is 57.1 Å². The maximum absolute atomic E-state index is 8.56. The number of rotatable bonds is 6. The molecule has 0 atom stereocenters. The Labute approximate surface area is 172 Å². The van der Waals surface area contributed by atoms with Crippen LogP contribution in [-0.4, -0.2) is 22.8 Å². The second-order valence-corrected chi connectivity index (χ2v) is 7.16. The third-order valence-corrected chi connectivity index (χ3v) is 5.19. The molecule has 0 aliphatic heterocycles. The number of thiophene rings is 1. The van der Waals surface area contributed by atoms with E-state index in [0.717, 1.165) is 26.9 Å². The Balaban J connectivity index is 1.56. The lowest BCUT2D eigenvalue weighted by Crippen LogP contribution is -1.96. The molecule has 0 bridgehead atoms. The Morgan fingerprint density at radius 2 is 1.93 bits per heavy atom. The molecule has 142 valence electrons. The van der Waals surface area contributed by atoms with Gasteiger partial charge in [0, 0.05) is 10.9 Å². The number of aromatic nitrogens is 2. The van der Waals surface area contributed by atoms with Crippen LogP contribution < -0.4 is 10.2 Å². The van der Waals surface area contributed by atoms with Crippen LogP contribution >= 0.6 is 11.3 Å². The summed E-state index contributed by atoms with van der Waals surface area (Å²) >= 11 is 1.59. The van der Waals surface area contributed by atoms with Gasteiger partial charge in [0.15, 0.2) is 12.4 Å². The van der Waals surface area contributed by atoms with Gasteiger partial charge in [-0.2, -0.15) is 10.4 Å². The van der Waals surface area contributed by atoms with Crippen molar-refractivity contribution >= 4 is 33.6 Å². The predicted molar refractivity (Wildman–Crippen MR) is 116 cm³/mol. The highest BCUT2D eigenvalue weighted by Crippen LogP contribution is 2.36. The van der Waals surface area contributed by atoms with Crippen molar-refractivity contribution in [1.29, 1.82) is 5.26 Å². The zero-order valence-corrected chi connectivity index (χ0v) is 16.5. The van der Waals surface area contributed by atoms with Crippen molar-refractivity contribution in [1.82, 2.24) is 9.97 Å². The van der Waals surface area contributed by atoms with E-state index >= 15 is 0 Å². The summed E-state index contributed by atoms with van der Waals surface area (Å²) in [6, 6.07) is 17.7. The van der Waals surface area contributed by atoms with Crippen molar-refractivity contribution in [3.8, 4) is 22.9 Å². The van der Waals surface area contributed by atoms with Crippen molar-refractivity contribution in [2.45, 2.75) is 6.92 Å². The molecule has 0 spiro atoms. The number of hydrazone groups is 1. The van der Waals surface area contributed by atoms with Gasteiger partial charge in [-0.3, -0.25) is 5.43 Å². The highest BCUT2D eigenvalue weighted by Gasteiger charge is 2.12. The van der Waals surface area contributed by atoms with Crippen LogP contribution in [0.5, 0.6) is 5.75 Å². The molecule has 2 aromatic carbocycles. The number of nitrogens with one attached hydrogen (secondary N) is 1. The Morgan fingerprint density at radius 3 is 2.69 bits per heavy atom. The average molecular weight is 399 g/mol. The van der Waals surface area contributed by atoms with Crippen molar-refractivity contribution < 1.29 is 4.74 Å². The number of hydrogen-bond acceptors (Lipinski definition) is 7. The van der Waals surface area contributed by atoms with Gasteiger partial charge in [0.05, 0.1) is 11.6 Å². The molecule has 0 fully saturated rings. The monoisotopic (exact) mass is 399 g/mol. The van der Waals surface area contributed by atoms with E-state index in [1.54, 1.807) is 29.7 Å². The van der Waals surface area contributed by atoms with E-state index in [9.17, 15) is 0 Å². The topological polar surface area (TPSA) is 83.2 Å². The highest BCUT2D eigenvalue weighted by atomic mass is 32.1. The lowest BCUT2D eigenvalue weighted by Gasteiger charge is -2.05. The smallest absolute Gasteiger partial charge is 0.174 e. The minimum Gasteiger partial charge on any atom is -0.479 e. The molecule has 29 heavy (non-hydrogen) atoms. The lowest BCUT2D eigenvalue weighted by atomic mass is 10.0. The van der Waals surface area contributed by atoms with Crippen LogP contribution in [-0.2, 0) is 0 Å². The highest BCUT2D eigenvalue weighted by molar-refractivity contribution is 7.17. The molecule has 1 N–H and O–H groups in total. The molecule has 0 radical (unpaired) electrons. The Hall–Kier alpha value is -3.76. The SMILES string of the molecule is Cc1ccc(-c2csc3ncnc(N/N=C\c4ccc(OCC#N)cc4)c23)cc1. The Bertz CT molecular complexity index is 1190. The summed E-state index contributed by atoms with van der Waals surface area (Å²) in [4.78, 5) is 9.68. The first kappa shape index (κ1) is 18.6. The molecule has 0 aliphatic carbocycles. The van der Waals surface area contributed by atoms with Gasteiger partial charge in [0.2, 0.25) is 0 Å². The maximum atomic E-state index is 8.56. The fraction of sp³-hybridized carbons (Fsp3) is 0.0909. The molecule has 0 amide bonds. The molecule has 6 nitrogen and oxygen atoms in total. The second kappa shape index (κ2) is 8.50. The number of fused-ring (bicyclic) bond motifs is 1. The largest absolute Gasteiger partial charge is 0.479 e. The standard InChI is InChI=1S/C22H17N5OS/c1-15-2-6-17(7-3-15)19-13-29-22-20(19)21(24-14-25-22)27-26-12-16-4-8-18(9-5-16)28-11-10-23/h2-9,12-14H,11H2,1H3,(H,24,25,27)/b26-12-. The van der Waals surface area contributed by atoms with E-state index in [0.29, 0.717) is 11.6 Å². The molecule has 2 aromatic heterocycles. The fourth-order valence-corrected chi connectivity index (χ4v) is 3.76. The van der Waals surface area contributed by atoms with Crippen LogP contribution in [0.15, 0.2) is 65.3 Å². The summed E-state index contributed by atoms with van der Waals surface area (Å²) in [5, 5.41) is 15.9. The molecule has 0 saturated heterocycles. The van der Waals surface area contributed by atoms with Gasteiger partial charge in [0.1, 0.15) is 23.0 Å². The van der Waals surface area contributed by atoms with Gasteiger partial charge >= 0.3 is 0 Å². The van der Waals surface area contributed by atoms with Crippen molar-refractivity contribution in [3.05, 3.63) is 71.4 Å². The van der Waals surface area contributed by atoms with E-state index in [4.69, 9.17) is 10.00 Å². The minimum atomic E-state index is 0.0304. The normalized spacial score (nSPS) is 10.9. The molecule has 7 heteroatoms. The summed E-state index contributed by atoms with van der Waals surface area (Å²) in [7, 11) is 0. The maximum Gasteiger partial charge on any atom is 0.174 e. The summed E-state index contributed by atoms with van der Waals surface area (Å²) in [6.45, 7) is 2.10. The molecule has 0 aliphatic rings. The van der Waals surface area contributed by atoms with Gasteiger partial charge in [-0.1, -0.05) is 29.8 Å². The summed E-state index contributed by atoms with van der Waals surface area (Å²) in [5.41, 5.74) is 7.37. The van der Waals surface area contributed by atoms with E-state index in [-0.39, 0.29) is 6.61 Å². The minimum absolute atomic E-state index is 0.0304. The first-order valence-corrected chi connectivity index (χ1v) is 9.80. The Kier molecular flexibility index (Phi) is 5.45. The number of nitriles is 1. The average Bonchev–Trinajstić information content (AvgIpc) is 3.19. The van der Waals surface area contributed by atoms with Crippen LogP contribution in [0.25, 0.3) is 21.3 Å². The summed E-state index contributed by atoms with van der Waals surface area (Å²) in [6.07, 6.45) is 3.25. The molecule has 0 saturated carbocycles. The van der Waals surface area contributed by atoms with E-state index in [1.165, 1.54) is 11.9 Å². The molecule has 2 heterocycles. The number of nitrogens with zero attached hydrogens (tertiary/aromatic N) is 4. The first-order valence-electron chi connectivity index (χ1n) is 8.93. The van der Waals surface area contributed by atoms with Crippen LogP contribution in [0, 0.1) is 18.3 Å². The summed E-state index contributed by atoms with van der Waals surface area (Å²) < 4.78 is 5.25. The molecule has 4 rings (SSSR count). The lowest BCUT2D eigenvalue weighted by molar-refractivity contribution is 0.368. The molecule has 4 aromatic rings. The Morgan fingerprint density at radius 1 is 1.14 bits per heavy atom. The molecule has 0 unspecified atom stereocenters. The van der Waals surface area contributed by atoms with Crippen LogP contribution in [0.1, 0.15) is 11.1 Å². The first-order chi connectivity index (χ1) is 14.2. The van der Waals surface area contributed by atoms with Gasteiger partial charge < -0.3 is 4.74 Å². The van der Waals surface area contributed by atoms with E-state index in [1.807, 2.05) is 18.2 Å². The van der Waals surface area contributed by atoms with Crippen molar-refractivity contribution in [3.63, 3.8) is 0 Å². The van der Waals surface area contributed by atoms with Crippen molar-refractivity contribution in [2.24, 2.45) is 5.10 Å². The van der Waals surface area contributed by atoms with Crippen LogP contribution in [0.2, 0.25) is 0 Å². The van der Waals surface area contributed by atoms with Gasteiger partial charge in [0.25, 0.3) is 0 Å². The molecular weight excluding hydrogens is 382 g/mol. The van der Waals surface area contributed by atoms with Gasteiger partial charge in [-0.15, -0.1) is 11.3 Å². The quantitative estimate of drug-likeness (QED) is 0.364. The number of ether oxygens (including phenoxy) is 1. The number of anilines is 1. The van der Waals surface area contributed by atoms with Crippen LogP contribution in [0.4, 0.5) is 5.82 Å². The van der Waals surface area contributed by atoms with Crippen molar-refractivity contribution in [2.75, 3.05) is 12.0 Å². The third kappa shape index (κ3) is 4.23. The number of benzene rings is 2. The zero-order valence-electron chi connectivity index (χ0n) is 15.7. The van der Waals surface area contributed by atoms with E-state index < -0.39 is 0 Å².